The van der Waals surface area contributed by atoms with Gasteiger partial charge < -0.3 is 15.3 Å². The quantitative estimate of drug-likeness (QED) is 0.711. The zero-order chi connectivity index (χ0) is 19.6. The number of carbonyl (C=O) groups is 2. The highest BCUT2D eigenvalue weighted by Crippen LogP contribution is 2.43. The number of nitrogens with zero attached hydrogens (tertiary/aromatic N) is 1. The number of piperidine rings is 3. The number of carbonyl (C=O) groups excluding carboxylic acids is 1. The summed E-state index contributed by atoms with van der Waals surface area (Å²) in [7, 11) is 0. The maximum Gasteiger partial charge on any atom is 0.306 e. The summed E-state index contributed by atoms with van der Waals surface area (Å²) in [6, 6.07) is 8.06. The summed E-state index contributed by atoms with van der Waals surface area (Å²) in [6.45, 7) is 3.77. The Morgan fingerprint density at radius 1 is 1.04 bits per heavy atom. The van der Waals surface area contributed by atoms with E-state index in [1.54, 1.807) is 0 Å². The van der Waals surface area contributed by atoms with Gasteiger partial charge in [-0.25, -0.2) is 0 Å². The van der Waals surface area contributed by atoms with Gasteiger partial charge in [-0.2, -0.15) is 0 Å². The third-order valence-corrected chi connectivity index (χ3v) is 8.31. The molecule has 28 heavy (non-hydrogen) atoms. The van der Waals surface area contributed by atoms with E-state index in [0.29, 0.717) is 23.8 Å². The zero-order valence-corrected chi connectivity index (χ0v) is 17.2. The second-order valence-corrected chi connectivity index (χ2v) is 9.81. The highest BCUT2D eigenvalue weighted by Gasteiger charge is 2.39. The van der Waals surface area contributed by atoms with Crippen LogP contribution in [0.15, 0.2) is 29.2 Å². The number of benzene rings is 1. The second-order valence-electron chi connectivity index (χ2n) is 8.76. The normalized spacial score (nSPS) is 32.1. The predicted molar refractivity (Wildman–Crippen MR) is 111 cm³/mol. The molecule has 5 rings (SSSR count). The number of carboxylic acid groups (broad SMARTS) is 1. The van der Waals surface area contributed by atoms with Gasteiger partial charge in [0.05, 0.1) is 5.92 Å². The van der Waals surface area contributed by atoms with Crippen LogP contribution in [0.4, 0.5) is 0 Å². The van der Waals surface area contributed by atoms with E-state index in [2.05, 4.69) is 22.3 Å². The fourth-order valence-electron chi connectivity index (χ4n) is 4.81. The van der Waals surface area contributed by atoms with Crippen LogP contribution in [0.3, 0.4) is 0 Å². The van der Waals surface area contributed by atoms with Crippen LogP contribution >= 0.6 is 11.8 Å². The predicted octanol–water partition coefficient (Wildman–Crippen LogP) is 3.64. The van der Waals surface area contributed by atoms with E-state index in [1.807, 2.05) is 23.9 Å². The van der Waals surface area contributed by atoms with Gasteiger partial charge in [0.2, 0.25) is 0 Å². The largest absolute Gasteiger partial charge is 0.481 e. The smallest absolute Gasteiger partial charge is 0.306 e. The molecule has 4 fully saturated rings. The molecule has 5 nitrogen and oxygen atoms in total. The van der Waals surface area contributed by atoms with Crippen molar-refractivity contribution >= 4 is 23.6 Å². The number of thioether (sulfide) groups is 1. The van der Waals surface area contributed by atoms with Gasteiger partial charge in [-0.1, -0.05) is 0 Å². The van der Waals surface area contributed by atoms with Crippen molar-refractivity contribution in [2.75, 3.05) is 25.4 Å². The molecule has 1 aromatic rings. The molecule has 2 bridgehead atoms. The first kappa shape index (κ1) is 19.8. The summed E-state index contributed by atoms with van der Waals surface area (Å²) < 4.78 is 0. The monoisotopic (exact) mass is 402 g/mol. The van der Waals surface area contributed by atoms with Gasteiger partial charge in [0.15, 0.2) is 0 Å². The molecule has 0 aromatic heterocycles. The number of fused-ring (bicyclic) bond motifs is 3. The highest BCUT2D eigenvalue weighted by molar-refractivity contribution is 7.99. The summed E-state index contributed by atoms with van der Waals surface area (Å²) in [5.41, 5.74) is 1.21. The van der Waals surface area contributed by atoms with Crippen LogP contribution in [0, 0.1) is 11.3 Å². The van der Waals surface area contributed by atoms with Crippen molar-refractivity contribution in [3.63, 3.8) is 0 Å². The van der Waals surface area contributed by atoms with E-state index in [1.165, 1.54) is 49.5 Å². The first-order valence-corrected chi connectivity index (χ1v) is 11.5. The maximum atomic E-state index is 12.5. The minimum atomic E-state index is -0.712. The summed E-state index contributed by atoms with van der Waals surface area (Å²) in [4.78, 5) is 27.4. The van der Waals surface area contributed by atoms with Gasteiger partial charge in [-0.05, 0) is 94.3 Å². The average Bonchev–Trinajstić information content (AvgIpc) is 2.74. The Bertz CT molecular complexity index is 691. The van der Waals surface area contributed by atoms with Gasteiger partial charge in [-0.3, -0.25) is 9.59 Å². The number of nitrogens with one attached hydrogen (secondary N) is 1. The van der Waals surface area contributed by atoms with Gasteiger partial charge >= 0.3 is 5.97 Å². The molecule has 4 aliphatic rings. The maximum absolute atomic E-state index is 12.5. The minimum Gasteiger partial charge on any atom is -0.481 e. The van der Waals surface area contributed by atoms with Crippen molar-refractivity contribution in [1.29, 1.82) is 0 Å². The van der Waals surface area contributed by atoms with Crippen molar-refractivity contribution in [2.45, 2.75) is 55.9 Å². The van der Waals surface area contributed by atoms with Gasteiger partial charge in [0.1, 0.15) is 0 Å². The van der Waals surface area contributed by atoms with E-state index in [4.69, 9.17) is 5.11 Å². The second kappa shape index (κ2) is 8.46. The topological polar surface area (TPSA) is 69.6 Å². The fourth-order valence-corrected chi connectivity index (χ4v) is 6.04. The molecule has 152 valence electrons. The number of hydrogen-bond donors (Lipinski definition) is 2. The first-order chi connectivity index (χ1) is 13.5. The van der Waals surface area contributed by atoms with E-state index in [0.717, 1.165) is 12.8 Å². The lowest BCUT2D eigenvalue weighted by Gasteiger charge is -2.48. The van der Waals surface area contributed by atoms with Crippen LogP contribution in [0.2, 0.25) is 0 Å². The summed E-state index contributed by atoms with van der Waals surface area (Å²) in [5, 5.41) is 12.2. The molecule has 3 aliphatic heterocycles. The number of amides is 1. The lowest BCUT2D eigenvalue weighted by molar-refractivity contribution is -0.142. The number of aliphatic carboxylic acids is 1. The van der Waals surface area contributed by atoms with E-state index in [-0.39, 0.29) is 17.9 Å². The molecule has 0 radical (unpaired) electrons. The zero-order valence-electron chi connectivity index (χ0n) is 16.4. The third-order valence-electron chi connectivity index (χ3n) is 6.95. The molecule has 1 amide bonds. The molecule has 1 saturated carbocycles. The highest BCUT2D eigenvalue weighted by atomic mass is 32.2. The molecule has 0 atom stereocenters. The molecular weight excluding hydrogens is 372 g/mol. The lowest BCUT2D eigenvalue weighted by Crippen LogP contribution is -2.49. The van der Waals surface area contributed by atoms with Crippen LogP contribution in [-0.2, 0) is 4.79 Å². The Labute approximate surface area is 171 Å². The molecule has 2 N–H and O–H groups in total. The Morgan fingerprint density at radius 2 is 1.64 bits per heavy atom. The van der Waals surface area contributed by atoms with Crippen LogP contribution in [0.1, 0.15) is 55.3 Å². The Balaban J connectivity index is 1.26. The number of hydrogen-bond acceptors (Lipinski definition) is 4. The summed E-state index contributed by atoms with van der Waals surface area (Å²) in [6.07, 6.45) is 6.76. The van der Waals surface area contributed by atoms with Crippen LogP contribution < -0.4 is 5.32 Å². The molecule has 0 unspecified atom stereocenters. The van der Waals surface area contributed by atoms with E-state index >= 15 is 0 Å². The molecule has 3 heterocycles. The van der Waals surface area contributed by atoms with Crippen molar-refractivity contribution in [2.24, 2.45) is 11.3 Å². The summed E-state index contributed by atoms with van der Waals surface area (Å²) in [5.74, 6) is 0.171. The Hall–Kier alpha value is -1.53. The number of carboxylic acids is 1. The standard InChI is InChI=1S/C22H30N2O3S/c25-20(23-18-5-1-17(2-6-18)21(26)27)16-3-7-19(8-4-16)28-15-22-9-12-24(13-10-22)14-11-22/h3-4,7-8,17-18H,1-2,5-6,9-15H2,(H,23,25)(H,26,27). The van der Waals surface area contributed by atoms with Crippen molar-refractivity contribution in [3.05, 3.63) is 29.8 Å². The molecule has 0 spiro atoms. The Kier molecular flexibility index (Phi) is 5.97. The third kappa shape index (κ3) is 4.54. The van der Waals surface area contributed by atoms with E-state index < -0.39 is 5.97 Å². The lowest BCUT2D eigenvalue weighted by atomic mass is 9.74. The van der Waals surface area contributed by atoms with Crippen molar-refractivity contribution < 1.29 is 14.7 Å². The first-order valence-electron chi connectivity index (χ1n) is 10.5. The van der Waals surface area contributed by atoms with Crippen molar-refractivity contribution in [3.8, 4) is 0 Å². The SMILES string of the molecule is O=C(NC1CCC(C(=O)O)CC1)c1ccc(SCC23CCN(CC2)CC3)cc1. The van der Waals surface area contributed by atoms with Gasteiger partial charge in [0, 0.05) is 22.3 Å². The molecule has 3 saturated heterocycles. The molecule has 1 aromatic carbocycles. The fraction of sp³-hybridized carbons (Fsp3) is 0.636. The van der Waals surface area contributed by atoms with Crippen LogP contribution in [-0.4, -0.2) is 53.3 Å². The van der Waals surface area contributed by atoms with Gasteiger partial charge in [0.25, 0.3) is 5.91 Å². The molecule has 1 aliphatic carbocycles. The Morgan fingerprint density at radius 3 is 2.21 bits per heavy atom. The van der Waals surface area contributed by atoms with Gasteiger partial charge in [-0.15, -0.1) is 11.8 Å². The minimum absolute atomic E-state index is 0.0476. The number of rotatable bonds is 6. The molecule has 6 heteroatoms. The van der Waals surface area contributed by atoms with Crippen LogP contribution in [0.25, 0.3) is 0 Å². The molecular formula is C22H30N2O3S. The average molecular weight is 403 g/mol. The summed E-state index contributed by atoms with van der Waals surface area (Å²) >= 11 is 1.93. The van der Waals surface area contributed by atoms with Crippen LogP contribution in [0.5, 0.6) is 0 Å². The van der Waals surface area contributed by atoms with Crippen molar-refractivity contribution in [1.82, 2.24) is 10.2 Å². The van der Waals surface area contributed by atoms with E-state index in [9.17, 15) is 9.59 Å².